The highest BCUT2D eigenvalue weighted by molar-refractivity contribution is 6.31. The lowest BCUT2D eigenvalue weighted by molar-refractivity contribution is 0.0950. The van der Waals surface area contributed by atoms with E-state index in [0.29, 0.717) is 22.2 Å². The maximum atomic E-state index is 13.3. The van der Waals surface area contributed by atoms with E-state index in [0.717, 1.165) is 47.3 Å². The van der Waals surface area contributed by atoms with Gasteiger partial charge in [-0.05, 0) is 94.0 Å². The summed E-state index contributed by atoms with van der Waals surface area (Å²) in [6, 6.07) is 6.16. The quantitative estimate of drug-likeness (QED) is 0.469. The molecule has 34 heavy (non-hydrogen) atoms. The molecule has 0 saturated heterocycles. The number of hydrogen-bond donors (Lipinski definition) is 2. The van der Waals surface area contributed by atoms with Gasteiger partial charge in [0.2, 0.25) is 0 Å². The maximum absolute atomic E-state index is 13.3. The summed E-state index contributed by atoms with van der Waals surface area (Å²) in [6.45, 7) is 13.7. The average Bonchev–Trinajstić information content (AvgIpc) is 2.78. The Kier molecular flexibility index (Phi) is 8.86. The molecule has 1 heterocycles. The SMILES string of the molecule is CCc1c(C(=O)NCc2c(C)cc(C)[nH]c2=O)cc(Cl)cc1N(CC)[C@H]1CC[C@@H](C(C)C)CC1. The lowest BCUT2D eigenvalue weighted by Crippen LogP contribution is -2.39. The van der Waals surface area contributed by atoms with Crippen LogP contribution in [0.25, 0.3) is 0 Å². The molecule has 6 heteroatoms. The van der Waals surface area contributed by atoms with Crippen LogP contribution in [0.2, 0.25) is 5.02 Å². The number of hydrogen-bond acceptors (Lipinski definition) is 3. The number of rotatable bonds is 8. The van der Waals surface area contributed by atoms with E-state index in [9.17, 15) is 9.59 Å². The first kappa shape index (κ1) is 26.3. The van der Waals surface area contributed by atoms with Crippen LogP contribution in [0.1, 0.15) is 86.1 Å². The van der Waals surface area contributed by atoms with E-state index in [1.54, 1.807) is 6.07 Å². The molecule has 1 saturated carbocycles. The first-order valence-corrected chi connectivity index (χ1v) is 13.1. The molecule has 0 radical (unpaired) electrons. The van der Waals surface area contributed by atoms with Crippen LogP contribution in [0, 0.1) is 25.7 Å². The van der Waals surface area contributed by atoms with Crippen molar-refractivity contribution in [3.8, 4) is 0 Å². The van der Waals surface area contributed by atoms with E-state index in [1.165, 1.54) is 25.7 Å². The molecule has 1 aliphatic rings. The molecule has 3 rings (SSSR count). The molecule has 0 atom stereocenters. The summed E-state index contributed by atoms with van der Waals surface area (Å²) in [5, 5.41) is 3.53. The molecule has 1 amide bonds. The number of aryl methyl sites for hydroxylation is 2. The van der Waals surface area contributed by atoms with Gasteiger partial charge in [-0.3, -0.25) is 9.59 Å². The lowest BCUT2D eigenvalue weighted by atomic mass is 9.79. The molecule has 0 spiro atoms. The number of anilines is 1. The molecule has 1 aliphatic carbocycles. The first-order valence-electron chi connectivity index (χ1n) is 12.7. The number of H-pyrrole nitrogens is 1. The first-order chi connectivity index (χ1) is 16.2. The fourth-order valence-corrected chi connectivity index (χ4v) is 5.74. The second kappa shape index (κ2) is 11.4. The van der Waals surface area contributed by atoms with Crippen LogP contribution in [-0.2, 0) is 13.0 Å². The molecule has 5 nitrogen and oxygen atoms in total. The van der Waals surface area contributed by atoms with Crippen LogP contribution in [0.3, 0.4) is 0 Å². The van der Waals surface area contributed by atoms with Crippen molar-refractivity contribution in [3.05, 3.63) is 61.5 Å². The Morgan fingerprint density at radius 2 is 1.79 bits per heavy atom. The van der Waals surface area contributed by atoms with Crippen LogP contribution in [-0.4, -0.2) is 23.5 Å². The molecule has 1 aromatic carbocycles. The van der Waals surface area contributed by atoms with Gasteiger partial charge in [0.15, 0.2) is 0 Å². The van der Waals surface area contributed by atoms with Crippen molar-refractivity contribution >= 4 is 23.2 Å². The molecule has 1 fully saturated rings. The molecule has 0 aliphatic heterocycles. The van der Waals surface area contributed by atoms with Gasteiger partial charge >= 0.3 is 0 Å². The third-order valence-electron chi connectivity index (χ3n) is 7.48. The number of nitrogens with one attached hydrogen (secondary N) is 2. The fraction of sp³-hybridized carbons (Fsp3) is 0.571. The number of carbonyl (C=O) groups is 1. The van der Waals surface area contributed by atoms with Crippen molar-refractivity contribution < 1.29 is 4.79 Å². The van der Waals surface area contributed by atoms with Crippen molar-refractivity contribution in [1.82, 2.24) is 10.3 Å². The lowest BCUT2D eigenvalue weighted by Gasteiger charge is -2.40. The topological polar surface area (TPSA) is 65.2 Å². The van der Waals surface area contributed by atoms with E-state index in [4.69, 9.17) is 11.6 Å². The Hall–Kier alpha value is -2.27. The highest BCUT2D eigenvalue weighted by atomic mass is 35.5. The predicted molar refractivity (Wildman–Crippen MR) is 142 cm³/mol. The second-order valence-electron chi connectivity index (χ2n) is 10.0. The third-order valence-corrected chi connectivity index (χ3v) is 7.70. The van der Waals surface area contributed by atoms with Crippen molar-refractivity contribution in [1.29, 1.82) is 0 Å². The van der Waals surface area contributed by atoms with E-state index in [-0.39, 0.29) is 18.0 Å². The minimum Gasteiger partial charge on any atom is -0.369 e. The summed E-state index contributed by atoms with van der Waals surface area (Å²) in [6.07, 6.45) is 5.57. The Labute approximate surface area is 209 Å². The highest BCUT2D eigenvalue weighted by Gasteiger charge is 2.29. The minimum atomic E-state index is -0.195. The van der Waals surface area contributed by atoms with E-state index in [1.807, 2.05) is 26.0 Å². The summed E-state index contributed by atoms with van der Waals surface area (Å²) in [4.78, 5) is 30.9. The van der Waals surface area contributed by atoms with Gasteiger partial charge < -0.3 is 15.2 Å². The normalized spacial score (nSPS) is 18.2. The van der Waals surface area contributed by atoms with E-state index in [2.05, 4.69) is 42.9 Å². The zero-order valence-corrected chi connectivity index (χ0v) is 22.3. The van der Waals surface area contributed by atoms with Crippen LogP contribution in [0.4, 0.5) is 5.69 Å². The van der Waals surface area contributed by atoms with Crippen LogP contribution in [0.15, 0.2) is 23.0 Å². The number of aromatic amines is 1. The number of nitrogens with zero attached hydrogens (tertiary/aromatic N) is 1. The number of aromatic nitrogens is 1. The van der Waals surface area contributed by atoms with Crippen molar-refractivity contribution in [2.75, 3.05) is 11.4 Å². The van der Waals surface area contributed by atoms with Gasteiger partial charge in [0.25, 0.3) is 11.5 Å². The number of halogens is 1. The van der Waals surface area contributed by atoms with E-state index >= 15 is 0 Å². The molecule has 2 N–H and O–H groups in total. The summed E-state index contributed by atoms with van der Waals surface area (Å²) in [5.41, 5.74) is 4.79. The summed E-state index contributed by atoms with van der Waals surface area (Å²) >= 11 is 6.55. The standard InChI is InChI=1S/C28H40ClN3O2/c1-7-23-24(27(33)30-16-25-18(5)13-19(6)31-28(25)34)14-21(29)15-26(23)32(8-2)22-11-9-20(10-12-22)17(3)4/h13-15,17,20,22H,7-12,16H2,1-6H3,(H,30,33)(H,31,34)/t20-,22+. The van der Waals surface area contributed by atoms with Crippen LogP contribution >= 0.6 is 11.6 Å². The molecule has 0 unspecified atom stereocenters. The Bertz CT molecular complexity index is 1070. The number of carbonyl (C=O) groups excluding carboxylic acids is 1. The zero-order valence-electron chi connectivity index (χ0n) is 21.6. The zero-order chi connectivity index (χ0) is 25.0. The molecule has 2 aromatic rings. The van der Waals surface area contributed by atoms with Gasteiger partial charge in [-0.2, -0.15) is 0 Å². The largest absolute Gasteiger partial charge is 0.369 e. The van der Waals surface area contributed by atoms with Gasteiger partial charge in [0.1, 0.15) is 0 Å². The van der Waals surface area contributed by atoms with Crippen LogP contribution in [0.5, 0.6) is 0 Å². The van der Waals surface area contributed by atoms with Gasteiger partial charge in [-0.1, -0.05) is 32.4 Å². The fourth-order valence-electron chi connectivity index (χ4n) is 5.52. The number of pyridine rings is 1. The monoisotopic (exact) mass is 485 g/mol. The van der Waals surface area contributed by atoms with Gasteiger partial charge in [0, 0.05) is 46.7 Å². The van der Waals surface area contributed by atoms with Crippen LogP contribution < -0.4 is 15.8 Å². The van der Waals surface area contributed by atoms with E-state index < -0.39 is 0 Å². The van der Waals surface area contributed by atoms with Crippen molar-refractivity contribution in [2.24, 2.45) is 11.8 Å². The molecule has 1 aromatic heterocycles. The number of benzene rings is 1. The highest BCUT2D eigenvalue weighted by Crippen LogP contribution is 2.37. The van der Waals surface area contributed by atoms with Gasteiger partial charge in [-0.15, -0.1) is 0 Å². The Morgan fingerprint density at radius 1 is 1.12 bits per heavy atom. The Morgan fingerprint density at radius 3 is 2.35 bits per heavy atom. The number of amides is 1. The molecular formula is C28H40ClN3O2. The molecule has 186 valence electrons. The summed E-state index contributed by atoms with van der Waals surface area (Å²) < 4.78 is 0. The molecule has 0 bridgehead atoms. The molecular weight excluding hydrogens is 446 g/mol. The summed E-state index contributed by atoms with van der Waals surface area (Å²) in [7, 11) is 0. The third kappa shape index (κ3) is 5.86. The Balaban J connectivity index is 1.86. The average molecular weight is 486 g/mol. The van der Waals surface area contributed by atoms with Gasteiger partial charge in [0.05, 0.1) is 0 Å². The maximum Gasteiger partial charge on any atom is 0.253 e. The summed E-state index contributed by atoms with van der Waals surface area (Å²) in [5.74, 6) is 1.34. The smallest absolute Gasteiger partial charge is 0.253 e. The second-order valence-corrected chi connectivity index (χ2v) is 10.5. The van der Waals surface area contributed by atoms with Crippen molar-refractivity contribution in [2.45, 2.75) is 86.2 Å². The van der Waals surface area contributed by atoms with Crippen molar-refractivity contribution in [3.63, 3.8) is 0 Å². The van der Waals surface area contributed by atoms with Gasteiger partial charge in [-0.25, -0.2) is 0 Å². The predicted octanol–water partition coefficient (Wildman–Crippen LogP) is 6.18. The minimum absolute atomic E-state index is 0.158.